The summed E-state index contributed by atoms with van der Waals surface area (Å²) in [6.45, 7) is 7.31. The first-order chi connectivity index (χ1) is 27.1. The highest BCUT2D eigenvalue weighted by Crippen LogP contribution is 2.51. The minimum atomic E-state index is -4.16. The van der Waals surface area contributed by atoms with Crippen LogP contribution in [0.3, 0.4) is 0 Å². The van der Waals surface area contributed by atoms with E-state index in [9.17, 15) is 48.8 Å². The van der Waals surface area contributed by atoms with Gasteiger partial charge >= 0.3 is 5.97 Å². The monoisotopic (exact) mass is 879 g/mol. The molecule has 0 saturated heterocycles. The average Bonchev–Trinajstić information content (AvgIpc) is 3.48. The molecule has 0 saturated carbocycles. The first-order valence-electron chi connectivity index (χ1n) is 19.3. The molecule has 58 heavy (non-hydrogen) atoms. The zero-order valence-electron chi connectivity index (χ0n) is 33.1. The Kier molecular flexibility index (Phi) is 16.0. The molecule has 2 aromatic carbocycles. The summed E-state index contributed by atoms with van der Waals surface area (Å²) in [7, 11) is -12.4. The van der Waals surface area contributed by atoms with Gasteiger partial charge in [-0.15, -0.1) is 12.6 Å². The zero-order chi connectivity index (χ0) is 42.9. The molecule has 17 heteroatoms. The van der Waals surface area contributed by atoms with Crippen LogP contribution in [-0.2, 0) is 52.4 Å². The first-order valence-corrected chi connectivity index (χ1v) is 24.5. The molecule has 0 fully saturated rings. The van der Waals surface area contributed by atoms with Gasteiger partial charge in [0.15, 0.2) is 5.71 Å². The lowest BCUT2D eigenvalue weighted by atomic mass is 9.75. The molecular weight excluding hydrogens is 825 g/mol. The molecule has 2 heterocycles. The van der Waals surface area contributed by atoms with Gasteiger partial charge in [0.2, 0.25) is 5.69 Å². The molecule has 2 aliphatic heterocycles. The topological polar surface area (TPSA) is 207 Å². The van der Waals surface area contributed by atoms with Gasteiger partial charge in [-0.1, -0.05) is 49.3 Å². The maximum absolute atomic E-state index is 11.6. The quantitative estimate of drug-likeness (QED) is 0.0264. The van der Waals surface area contributed by atoms with E-state index in [1.54, 1.807) is 6.07 Å². The minimum Gasteiger partial charge on any atom is -0.481 e. The van der Waals surface area contributed by atoms with Crippen molar-refractivity contribution < 1.29 is 53.4 Å². The number of likely N-dealkylation sites (N-methyl/N-ethyl adjacent to an activating group) is 1. The highest BCUT2D eigenvalue weighted by Gasteiger charge is 2.47. The van der Waals surface area contributed by atoms with Crippen LogP contribution in [0, 0.1) is 0 Å². The lowest BCUT2D eigenvalue weighted by molar-refractivity contribution is -0.438. The summed E-state index contributed by atoms with van der Waals surface area (Å²) in [5.41, 5.74) is 5.18. The van der Waals surface area contributed by atoms with Gasteiger partial charge < -0.3 is 10.0 Å². The van der Waals surface area contributed by atoms with Crippen molar-refractivity contribution in [2.45, 2.75) is 94.3 Å². The van der Waals surface area contributed by atoms with Crippen LogP contribution in [0.5, 0.6) is 0 Å². The predicted octanol–water partition coefficient (Wildman–Crippen LogP) is 7.09. The summed E-state index contributed by atoms with van der Waals surface area (Å²) in [6.07, 6.45) is 16.6. The highest BCUT2D eigenvalue weighted by atomic mass is 32.2. The number of rotatable bonds is 22. The highest BCUT2D eigenvalue weighted by molar-refractivity contribution is 7.86. The normalized spacial score (nSPS) is 20.7. The number of hydrogen-bond acceptors (Lipinski definition) is 9. The molecular formula is C41H55N2O11S4+. The molecule has 2 unspecified atom stereocenters. The van der Waals surface area contributed by atoms with Gasteiger partial charge in [-0.05, 0) is 94.3 Å². The van der Waals surface area contributed by atoms with E-state index in [2.05, 4.69) is 36.0 Å². The van der Waals surface area contributed by atoms with Crippen LogP contribution in [0.25, 0.3) is 0 Å². The number of hydrogen-bond donors (Lipinski definition) is 5. The Bertz CT molecular complexity index is 2330. The molecule has 0 aromatic heterocycles. The van der Waals surface area contributed by atoms with Crippen LogP contribution in [-0.4, -0.2) is 90.6 Å². The number of aliphatic carboxylic acids is 1. The maximum atomic E-state index is 11.6. The summed E-state index contributed by atoms with van der Waals surface area (Å²) in [6, 6.07) is 11.5. The van der Waals surface area contributed by atoms with Crippen molar-refractivity contribution in [2.75, 3.05) is 35.2 Å². The number of carboxylic acid groups (broad SMARTS) is 1. The molecule has 2 aromatic rings. The van der Waals surface area contributed by atoms with Crippen molar-refractivity contribution in [1.29, 1.82) is 0 Å². The lowest BCUT2D eigenvalue weighted by Crippen LogP contribution is -2.31. The third kappa shape index (κ3) is 12.7. The van der Waals surface area contributed by atoms with Gasteiger partial charge in [0.1, 0.15) is 6.54 Å². The first kappa shape index (κ1) is 47.1. The number of nitrogens with zero attached hydrogens (tertiary/aromatic N) is 2. The number of unbranched alkanes of at least 4 members (excludes halogenated alkanes) is 3. The summed E-state index contributed by atoms with van der Waals surface area (Å²) in [5.74, 6) is -2.07. The molecule has 2 aliphatic rings. The molecule has 2 atom stereocenters. The van der Waals surface area contributed by atoms with Crippen molar-refractivity contribution in [1.82, 2.24) is 0 Å². The summed E-state index contributed by atoms with van der Waals surface area (Å²) in [5, 5.41) is 9.52. The van der Waals surface area contributed by atoms with E-state index in [0.717, 1.165) is 38.8 Å². The number of anilines is 1. The van der Waals surface area contributed by atoms with Crippen LogP contribution >= 0.6 is 12.6 Å². The molecule has 4 N–H and O–H groups in total. The second-order valence-corrected chi connectivity index (χ2v) is 20.5. The van der Waals surface area contributed by atoms with Crippen LogP contribution in [0.2, 0.25) is 0 Å². The second-order valence-electron chi connectivity index (χ2n) is 15.2. The molecule has 318 valence electrons. The van der Waals surface area contributed by atoms with Gasteiger partial charge in [0.05, 0.1) is 29.1 Å². The van der Waals surface area contributed by atoms with E-state index >= 15 is 0 Å². The number of carboxylic acids is 1. The van der Waals surface area contributed by atoms with Crippen LogP contribution in [0.1, 0.15) is 88.8 Å². The largest absolute Gasteiger partial charge is 0.481 e. The molecule has 0 aliphatic carbocycles. The fourth-order valence-corrected chi connectivity index (χ4v) is 10.0. The Balaban J connectivity index is 1.66. The number of thiol groups is 1. The Morgan fingerprint density at radius 1 is 0.741 bits per heavy atom. The number of fused-ring (bicyclic) bond motifs is 2. The van der Waals surface area contributed by atoms with Gasteiger partial charge in [0, 0.05) is 52.4 Å². The van der Waals surface area contributed by atoms with E-state index in [0.29, 0.717) is 57.2 Å². The maximum Gasteiger partial charge on any atom is 0.307 e. The van der Waals surface area contributed by atoms with E-state index in [1.165, 1.54) is 0 Å². The van der Waals surface area contributed by atoms with Gasteiger partial charge in [-0.3, -0.25) is 18.5 Å². The zero-order valence-corrected chi connectivity index (χ0v) is 36.5. The smallest absolute Gasteiger partial charge is 0.307 e. The summed E-state index contributed by atoms with van der Waals surface area (Å²) in [4.78, 5) is 14.7. The Morgan fingerprint density at radius 2 is 1.31 bits per heavy atom. The molecule has 4 rings (SSSR count). The average molecular weight is 880 g/mol. The molecule has 0 radical (unpaired) electrons. The molecule has 0 spiro atoms. The van der Waals surface area contributed by atoms with Crippen LogP contribution < -0.4 is 4.90 Å². The fourth-order valence-electron chi connectivity index (χ4n) is 8.10. The number of benzene rings is 2. The van der Waals surface area contributed by atoms with Crippen molar-refractivity contribution >= 4 is 66.0 Å². The molecule has 0 amide bonds. The van der Waals surface area contributed by atoms with Gasteiger partial charge in [-0.2, -0.15) is 29.8 Å². The Morgan fingerprint density at radius 3 is 1.90 bits per heavy atom. The van der Waals surface area contributed by atoms with Crippen molar-refractivity contribution in [3.8, 4) is 0 Å². The molecule has 13 nitrogen and oxygen atoms in total. The van der Waals surface area contributed by atoms with Crippen LogP contribution in [0.4, 0.5) is 11.4 Å². The van der Waals surface area contributed by atoms with Crippen molar-refractivity contribution in [2.24, 2.45) is 0 Å². The third-order valence-electron chi connectivity index (χ3n) is 10.8. The van der Waals surface area contributed by atoms with E-state index in [1.807, 2.05) is 79.8 Å². The summed E-state index contributed by atoms with van der Waals surface area (Å²) >= 11 is 4.59. The second kappa shape index (κ2) is 19.7. The lowest BCUT2D eigenvalue weighted by Gasteiger charge is -2.30. The summed E-state index contributed by atoms with van der Waals surface area (Å²) < 4.78 is 98.6. The SMILES string of the molecule is CCN1C(=CC=CC=CC=CC2=[N+](CCCCS(=O)(=O)O)c3ccc(CC(=O)O)cc3C2(C)CCCCS(=O)(=O)O)C(C)(CCCCS(=O)(=O)O)c2cc(S)ccc21. The van der Waals surface area contributed by atoms with Gasteiger partial charge in [-0.25, -0.2) is 0 Å². The Labute approximate surface area is 348 Å². The third-order valence-corrected chi connectivity index (χ3v) is 13.5. The van der Waals surface area contributed by atoms with E-state index in [4.69, 9.17) is 0 Å². The fraction of sp³-hybridized carbons (Fsp3) is 0.463. The number of carbonyl (C=O) groups is 1. The Hall–Kier alpha value is -3.58. The predicted molar refractivity (Wildman–Crippen MR) is 231 cm³/mol. The van der Waals surface area contributed by atoms with E-state index < -0.39 is 52.9 Å². The standard InChI is InChI=1S/C41H54N2O11S4/c1-4-42-35-21-19-32(55)30-34(35)41(3,23-11-14-26-57(49,50)51)37(42)16-8-6-5-7-9-17-38-40(2,22-10-13-25-56(46,47)48)33-28-31(29-39(44)45)18-20-36(33)43(38)24-12-15-27-58(52,53)54/h5-9,16-21,28,30H,4,10-15,22-27,29H2,1-3H3,(H4-,44,45,46,47,48,49,50,51,52,53,54,55)/p+1. The van der Waals surface area contributed by atoms with Gasteiger partial charge in [0.25, 0.3) is 30.4 Å². The number of allylic oxidation sites excluding steroid dienone is 8. The van der Waals surface area contributed by atoms with Crippen molar-refractivity contribution in [3.63, 3.8) is 0 Å². The van der Waals surface area contributed by atoms with E-state index in [-0.39, 0.29) is 30.8 Å². The minimum absolute atomic E-state index is 0.192. The molecule has 0 bridgehead atoms. The van der Waals surface area contributed by atoms with Crippen molar-refractivity contribution in [3.05, 3.63) is 101 Å². The van der Waals surface area contributed by atoms with Crippen LogP contribution in [0.15, 0.2) is 89.5 Å².